The average Bonchev–Trinajstić information content (AvgIpc) is 3.57. The van der Waals surface area contributed by atoms with E-state index in [1.807, 2.05) is 6.92 Å². The zero-order valence-electron chi connectivity index (χ0n) is 20.3. The van der Waals surface area contributed by atoms with Crippen molar-refractivity contribution in [3.05, 3.63) is 65.0 Å². The largest absolute Gasteiger partial charge is 0.347 e. The van der Waals surface area contributed by atoms with E-state index >= 15 is 0 Å². The van der Waals surface area contributed by atoms with Crippen LogP contribution in [0.1, 0.15) is 67.1 Å². The third kappa shape index (κ3) is 5.43. The van der Waals surface area contributed by atoms with Gasteiger partial charge in [0, 0.05) is 35.9 Å². The van der Waals surface area contributed by atoms with E-state index in [2.05, 4.69) is 5.32 Å². The smallest absolute Gasteiger partial charge is 0.270 e. The lowest BCUT2D eigenvalue weighted by molar-refractivity contribution is -0.126. The van der Waals surface area contributed by atoms with Gasteiger partial charge in [0.05, 0.1) is 10.9 Å². The van der Waals surface area contributed by atoms with Gasteiger partial charge in [-0.3, -0.25) is 9.59 Å². The van der Waals surface area contributed by atoms with E-state index in [4.69, 9.17) is 0 Å². The van der Waals surface area contributed by atoms with Gasteiger partial charge in [0.1, 0.15) is 11.9 Å². The van der Waals surface area contributed by atoms with Crippen LogP contribution in [0.2, 0.25) is 0 Å². The van der Waals surface area contributed by atoms with E-state index in [0.29, 0.717) is 19.8 Å². The fourth-order valence-corrected chi connectivity index (χ4v) is 5.44. The molecule has 0 bridgehead atoms. The molecule has 0 spiro atoms. The van der Waals surface area contributed by atoms with Crippen molar-refractivity contribution in [3.8, 4) is 0 Å². The van der Waals surface area contributed by atoms with Crippen LogP contribution in [0.4, 0.5) is 13.2 Å². The van der Waals surface area contributed by atoms with Gasteiger partial charge in [-0.25, -0.2) is 21.6 Å². The van der Waals surface area contributed by atoms with Crippen molar-refractivity contribution < 1.29 is 31.2 Å². The summed E-state index contributed by atoms with van der Waals surface area (Å²) in [6, 6.07) is 7.17. The summed E-state index contributed by atoms with van der Waals surface area (Å²) in [5, 5.41) is 2.87. The van der Waals surface area contributed by atoms with Crippen LogP contribution < -0.4 is 5.32 Å². The van der Waals surface area contributed by atoms with Gasteiger partial charge in [0.15, 0.2) is 9.84 Å². The molecule has 2 fully saturated rings. The second kappa shape index (κ2) is 9.53. The zero-order chi connectivity index (χ0) is 26.4. The number of benzene rings is 2. The first kappa shape index (κ1) is 26.2. The van der Waals surface area contributed by atoms with E-state index in [1.165, 1.54) is 41.3 Å². The summed E-state index contributed by atoms with van der Waals surface area (Å²) in [6.07, 6.45) is 3.54. The molecule has 1 saturated carbocycles. The molecule has 1 heterocycles. The summed E-state index contributed by atoms with van der Waals surface area (Å²) in [5.74, 6) is -4.93. The number of amides is 2. The topological polar surface area (TPSA) is 83.6 Å². The number of carbonyl (C=O) groups is 2. The molecule has 2 aliphatic rings. The number of alkyl halides is 2. The van der Waals surface area contributed by atoms with Crippen molar-refractivity contribution in [1.82, 2.24) is 10.2 Å². The summed E-state index contributed by atoms with van der Waals surface area (Å²) < 4.78 is 66.0. The third-order valence-electron chi connectivity index (χ3n) is 6.95. The highest BCUT2D eigenvalue weighted by atomic mass is 32.2. The van der Waals surface area contributed by atoms with Crippen LogP contribution >= 0.6 is 0 Å². The Morgan fingerprint density at radius 2 is 1.78 bits per heavy atom. The monoisotopic (exact) mass is 522 g/mol. The van der Waals surface area contributed by atoms with Crippen LogP contribution in [0.3, 0.4) is 0 Å². The molecular weight excluding hydrogens is 493 g/mol. The molecule has 2 aromatic carbocycles. The maximum atomic E-state index is 14.9. The molecule has 0 radical (unpaired) electrons. The minimum Gasteiger partial charge on any atom is -0.347 e. The number of halogens is 3. The predicted molar refractivity (Wildman–Crippen MR) is 128 cm³/mol. The lowest BCUT2D eigenvalue weighted by Gasteiger charge is -2.30. The minimum atomic E-state index is -3.52. The average molecular weight is 523 g/mol. The van der Waals surface area contributed by atoms with Crippen molar-refractivity contribution in [3.63, 3.8) is 0 Å². The van der Waals surface area contributed by atoms with Crippen LogP contribution in [0, 0.1) is 11.7 Å². The summed E-state index contributed by atoms with van der Waals surface area (Å²) >= 11 is 0. The number of nitrogens with zero attached hydrogens (tertiary/aromatic N) is 1. The van der Waals surface area contributed by atoms with Gasteiger partial charge in [-0.1, -0.05) is 18.2 Å². The Bertz CT molecular complexity index is 1290. The maximum absolute atomic E-state index is 14.9. The molecule has 2 amide bonds. The number of likely N-dealkylation sites (tertiary alicyclic amines) is 1. The van der Waals surface area contributed by atoms with Crippen molar-refractivity contribution >= 4 is 21.7 Å². The van der Waals surface area contributed by atoms with Crippen LogP contribution in [0.25, 0.3) is 0 Å². The van der Waals surface area contributed by atoms with Crippen LogP contribution in [-0.2, 0) is 20.6 Å². The molecular formula is C26H29F3N2O4S. The van der Waals surface area contributed by atoms with Crippen LogP contribution in [-0.4, -0.2) is 43.5 Å². The molecule has 3 atom stereocenters. The molecule has 1 aliphatic carbocycles. The molecule has 194 valence electrons. The predicted octanol–water partition coefficient (Wildman–Crippen LogP) is 4.60. The highest BCUT2D eigenvalue weighted by Crippen LogP contribution is 2.43. The van der Waals surface area contributed by atoms with Gasteiger partial charge >= 0.3 is 0 Å². The molecule has 1 N–H and O–H groups in total. The molecule has 10 heteroatoms. The van der Waals surface area contributed by atoms with E-state index in [9.17, 15) is 31.2 Å². The molecule has 36 heavy (non-hydrogen) atoms. The number of hydrogen-bond donors (Lipinski definition) is 1. The Kier molecular flexibility index (Phi) is 6.94. The molecule has 2 aromatic rings. The van der Waals surface area contributed by atoms with Gasteiger partial charge < -0.3 is 10.2 Å². The number of sulfone groups is 1. The normalized spacial score (nSPS) is 21.3. The van der Waals surface area contributed by atoms with Crippen molar-refractivity contribution in [2.24, 2.45) is 5.92 Å². The SMILES string of the molecule is C[C@H]1CC[C@H](C(=O)N[C@@H](c2ccc(C(C)(F)F)cc2F)C2CC2)N1C(=O)c1cccc(S(C)(=O)=O)c1. The molecule has 4 rings (SSSR count). The Balaban J connectivity index is 1.57. The summed E-state index contributed by atoms with van der Waals surface area (Å²) in [5.41, 5.74) is -0.142. The Morgan fingerprint density at radius 1 is 1.08 bits per heavy atom. The quantitative estimate of drug-likeness (QED) is 0.576. The summed E-state index contributed by atoms with van der Waals surface area (Å²) in [6.45, 7) is 2.51. The van der Waals surface area contributed by atoms with Crippen LogP contribution in [0.5, 0.6) is 0 Å². The van der Waals surface area contributed by atoms with Crippen molar-refractivity contribution in [2.75, 3.05) is 6.26 Å². The van der Waals surface area contributed by atoms with Gasteiger partial charge in [-0.15, -0.1) is 0 Å². The Labute approximate surface area is 208 Å². The first-order valence-corrected chi connectivity index (χ1v) is 13.8. The van der Waals surface area contributed by atoms with Crippen LogP contribution in [0.15, 0.2) is 47.4 Å². The molecule has 0 unspecified atom stereocenters. The fraction of sp³-hybridized carbons (Fsp3) is 0.462. The van der Waals surface area contributed by atoms with Gasteiger partial charge in [-0.2, -0.15) is 0 Å². The lowest BCUT2D eigenvalue weighted by atomic mass is 9.98. The van der Waals surface area contributed by atoms with Gasteiger partial charge in [0.25, 0.3) is 11.8 Å². The van der Waals surface area contributed by atoms with E-state index < -0.39 is 51.0 Å². The summed E-state index contributed by atoms with van der Waals surface area (Å²) in [7, 11) is -3.52. The third-order valence-corrected chi connectivity index (χ3v) is 8.06. The number of carbonyl (C=O) groups excluding carboxylic acids is 2. The van der Waals surface area contributed by atoms with Crippen molar-refractivity contribution in [2.45, 2.75) is 68.5 Å². The maximum Gasteiger partial charge on any atom is 0.270 e. The Hall–Kier alpha value is -2.88. The second-order valence-electron chi connectivity index (χ2n) is 9.90. The minimum absolute atomic E-state index is 0.00609. The van der Waals surface area contributed by atoms with E-state index in [1.54, 1.807) is 0 Å². The standard InChI is InChI=1S/C26H29F3N2O4S/c1-15-7-12-22(31(15)25(33)17-5-4-6-19(13-17)36(3,34)35)24(32)30-23(16-8-9-16)20-11-10-18(14-21(20)27)26(2,28)29/h4-6,10-11,13-16,22-23H,7-9,12H2,1-3H3,(H,30,32)/t15-,22+,23+/m0/s1. The molecule has 6 nitrogen and oxygen atoms in total. The second-order valence-corrected chi connectivity index (χ2v) is 11.9. The summed E-state index contributed by atoms with van der Waals surface area (Å²) in [4.78, 5) is 28.2. The fourth-order valence-electron chi connectivity index (χ4n) is 4.77. The van der Waals surface area contributed by atoms with E-state index in [0.717, 1.165) is 25.2 Å². The molecule has 0 aromatic heterocycles. The lowest BCUT2D eigenvalue weighted by Crippen LogP contribution is -2.49. The number of rotatable bonds is 7. The van der Waals surface area contributed by atoms with Gasteiger partial charge in [0.2, 0.25) is 5.91 Å². The molecule has 1 saturated heterocycles. The first-order chi connectivity index (χ1) is 16.8. The number of hydrogen-bond acceptors (Lipinski definition) is 4. The number of nitrogens with one attached hydrogen (secondary N) is 1. The van der Waals surface area contributed by atoms with Crippen molar-refractivity contribution in [1.29, 1.82) is 0 Å². The van der Waals surface area contributed by atoms with Gasteiger partial charge in [-0.05, 0) is 62.8 Å². The van der Waals surface area contributed by atoms with E-state index in [-0.39, 0.29) is 28.0 Å². The molecule has 1 aliphatic heterocycles. The zero-order valence-corrected chi connectivity index (χ0v) is 21.1. The highest BCUT2D eigenvalue weighted by molar-refractivity contribution is 7.90. The Morgan fingerprint density at radius 3 is 2.36 bits per heavy atom. The highest BCUT2D eigenvalue weighted by Gasteiger charge is 2.42. The first-order valence-electron chi connectivity index (χ1n) is 11.9.